The molecule has 0 saturated carbocycles. The van der Waals surface area contributed by atoms with Crippen molar-refractivity contribution in [3.05, 3.63) is 108 Å². The van der Waals surface area contributed by atoms with Crippen LogP contribution in [0.3, 0.4) is 0 Å². The molecule has 4 rings (SSSR count). The Hall–Kier alpha value is -3.32. The van der Waals surface area contributed by atoms with Crippen LogP contribution in [-0.4, -0.2) is 9.66 Å². The molecular weight excluding hydrogens is 444 g/mol. The number of hydrogen-bond donors (Lipinski definition) is 3. The summed E-state index contributed by atoms with van der Waals surface area (Å²) in [5, 5.41) is 13.5. The lowest BCUT2D eigenvalue weighted by molar-refractivity contribution is 0.469. The Labute approximate surface area is 193 Å². The smallest absolute Gasteiger partial charge is 0.180 e. The van der Waals surface area contributed by atoms with Crippen molar-refractivity contribution in [3.63, 3.8) is 0 Å². The number of rotatable bonds is 7. The van der Waals surface area contributed by atoms with Crippen LogP contribution in [0.15, 0.2) is 102 Å². The monoisotopic (exact) mass is 464 g/mol. The van der Waals surface area contributed by atoms with Gasteiger partial charge in [-0.05, 0) is 59.7 Å². The lowest BCUT2D eigenvalue weighted by atomic mass is 10.1. The lowest BCUT2D eigenvalue weighted by Crippen LogP contribution is -2.20. The lowest BCUT2D eigenvalue weighted by Gasteiger charge is -2.17. The fourth-order valence-electron chi connectivity index (χ4n) is 3.21. The number of sulfonamides is 1. The molecule has 162 valence electrons. The maximum Gasteiger partial charge on any atom is 0.180 e. The van der Waals surface area contributed by atoms with Crippen LogP contribution >= 0.6 is 11.6 Å². The van der Waals surface area contributed by atoms with E-state index in [1.807, 2.05) is 42.5 Å². The Morgan fingerprint density at radius 2 is 1.44 bits per heavy atom. The van der Waals surface area contributed by atoms with Gasteiger partial charge in [-0.15, -0.1) is 0 Å². The Balaban J connectivity index is 1.41. The molecule has 5 nitrogen and oxygen atoms in total. The summed E-state index contributed by atoms with van der Waals surface area (Å²) in [5.41, 5.74) is 3.98. The van der Waals surface area contributed by atoms with E-state index in [1.54, 1.807) is 36.4 Å². The quantitative estimate of drug-likeness (QED) is 0.278. The van der Waals surface area contributed by atoms with Crippen LogP contribution in [0.4, 0.5) is 11.4 Å². The van der Waals surface area contributed by atoms with Crippen LogP contribution in [-0.2, 0) is 21.2 Å². The third kappa shape index (κ3) is 5.29. The van der Waals surface area contributed by atoms with Gasteiger partial charge in [0.15, 0.2) is 15.3 Å². The minimum Gasteiger partial charge on any atom is -0.588 e. The van der Waals surface area contributed by atoms with Gasteiger partial charge < -0.3 is 15.0 Å². The summed E-state index contributed by atoms with van der Waals surface area (Å²) in [6.07, 6.45) is 0. The maximum atomic E-state index is 12.7. The predicted octanol–water partition coefficient (Wildman–Crippen LogP) is 6.34. The van der Waals surface area contributed by atoms with Gasteiger partial charge in [0, 0.05) is 22.8 Å². The third-order valence-corrected chi connectivity index (χ3v) is 6.57. The molecule has 0 aliphatic carbocycles. The Morgan fingerprint density at radius 3 is 2.09 bits per heavy atom. The van der Waals surface area contributed by atoms with E-state index in [1.165, 1.54) is 18.2 Å². The Bertz CT molecular complexity index is 1250. The average Bonchev–Trinajstić information content (AvgIpc) is 2.80. The molecule has 7 heteroatoms. The number of nitrogens with one attached hydrogen (secondary N) is 2. The molecule has 3 N–H and O–H groups in total. The van der Waals surface area contributed by atoms with E-state index in [4.69, 9.17) is 11.6 Å². The zero-order valence-corrected chi connectivity index (χ0v) is 18.6. The van der Waals surface area contributed by atoms with E-state index in [9.17, 15) is 13.9 Å². The number of aromatic hydroxyl groups is 1. The number of benzene rings is 4. The second-order valence-electron chi connectivity index (χ2n) is 7.20. The highest BCUT2D eigenvalue weighted by molar-refractivity contribution is 7.98. The van der Waals surface area contributed by atoms with Crippen molar-refractivity contribution in [2.24, 2.45) is 0 Å². The first-order valence-electron chi connectivity index (χ1n) is 9.90. The van der Waals surface area contributed by atoms with Crippen LogP contribution in [0.25, 0.3) is 11.1 Å². The first kappa shape index (κ1) is 21.9. The SMILES string of the molecule is O=[S+]([O-])(Nc1ccc(-c2ccccc2)cc1)c1ccc(NCc2ccc(Cl)cc2O)cc1. The molecule has 0 bridgehead atoms. The summed E-state index contributed by atoms with van der Waals surface area (Å²) in [5.74, 6) is 0.103. The third-order valence-electron chi connectivity index (χ3n) is 4.94. The van der Waals surface area contributed by atoms with Crippen molar-refractivity contribution in [2.45, 2.75) is 11.4 Å². The summed E-state index contributed by atoms with van der Waals surface area (Å²) in [4.78, 5) is 0.157. The van der Waals surface area contributed by atoms with Crippen LogP contribution in [0, 0.1) is 0 Å². The number of halogens is 1. The van der Waals surface area contributed by atoms with Crippen molar-refractivity contribution in [1.29, 1.82) is 0 Å². The zero-order valence-electron chi connectivity index (χ0n) is 17.0. The van der Waals surface area contributed by atoms with Gasteiger partial charge >= 0.3 is 0 Å². The molecule has 4 aromatic carbocycles. The first-order chi connectivity index (χ1) is 15.4. The van der Waals surface area contributed by atoms with E-state index >= 15 is 0 Å². The highest BCUT2D eigenvalue weighted by Gasteiger charge is 2.20. The predicted molar refractivity (Wildman–Crippen MR) is 129 cm³/mol. The van der Waals surface area contributed by atoms with E-state index in [0.29, 0.717) is 22.8 Å². The summed E-state index contributed by atoms with van der Waals surface area (Å²) >= 11 is 5.84. The van der Waals surface area contributed by atoms with E-state index < -0.39 is 10.4 Å². The largest absolute Gasteiger partial charge is 0.588 e. The van der Waals surface area contributed by atoms with Crippen molar-refractivity contribution in [1.82, 2.24) is 0 Å². The molecule has 0 spiro atoms. The van der Waals surface area contributed by atoms with E-state index in [0.717, 1.165) is 16.8 Å². The molecule has 32 heavy (non-hydrogen) atoms. The van der Waals surface area contributed by atoms with Crippen molar-refractivity contribution in [2.75, 3.05) is 10.0 Å². The Kier molecular flexibility index (Phi) is 6.46. The summed E-state index contributed by atoms with van der Waals surface area (Å²) in [6.45, 7) is 0.376. The summed E-state index contributed by atoms with van der Waals surface area (Å²) < 4.78 is 28.1. The minimum absolute atomic E-state index is 0.103. The van der Waals surface area contributed by atoms with E-state index in [-0.39, 0.29) is 10.6 Å². The maximum absolute atomic E-state index is 12.7. The van der Waals surface area contributed by atoms with Gasteiger partial charge in [-0.2, -0.15) is 0 Å². The molecule has 0 aromatic heterocycles. The van der Waals surface area contributed by atoms with Gasteiger partial charge in [-0.3, -0.25) is 0 Å². The van der Waals surface area contributed by atoms with Gasteiger partial charge in [-0.1, -0.05) is 64.3 Å². The van der Waals surface area contributed by atoms with E-state index in [2.05, 4.69) is 10.0 Å². The minimum atomic E-state index is -3.72. The molecule has 1 unspecified atom stereocenters. The van der Waals surface area contributed by atoms with Crippen LogP contribution in [0.5, 0.6) is 5.75 Å². The van der Waals surface area contributed by atoms with Crippen molar-refractivity contribution in [3.8, 4) is 16.9 Å². The van der Waals surface area contributed by atoms with Crippen LogP contribution in [0.2, 0.25) is 5.02 Å². The van der Waals surface area contributed by atoms with Crippen LogP contribution in [0.1, 0.15) is 5.56 Å². The molecule has 0 heterocycles. The molecule has 0 amide bonds. The summed E-state index contributed by atoms with van der Waals surface area (Å²) in [6, 6.07) is 28.5. The number of anilines is 2. The molecule has 1 atom stereocenters. The zero-order chi connectivity index (χ0) is 22.6. The van der Waals surface area contributed by atoms with Gasteiger partial charge in [0.1, 0.15) is 5.75 Å². The van der Waals surface area contributed by atoms with Gasteiger partial charge in [0.25, 0.3) is 0 Å². The molecule has 0 radical (unpaired) electrons. The first-order valence-corrected chi connectivity index (χ1v) is 11.8. The highest BCUT2D eigenvalue weighted by atomic mass is 35.5. The Morgan fingerprint density at radius 1 is 0.812 bits per heavy atom. The van der Waals surface area contributed by atoms with Crippen LogP contribution < -0.4 is 10.0 Å². The molecule has 0 aliphatic heterocycles. The number of phenols is 1. The highest BCUT2D eigenvalue weighted by Crippen LogP contribution is 2.26. The average molecular weight is 465 g/mol. The molecule has 4 aromatic rings. The van der Waals surface area contributed by atoms with Gasteiger partial charge in [-0.25, -0.2) is 4.72 Å². The topological polar surface area (TPSA) is 84.4 Å². The standard InChI is InChI=1S/C25H21ClN2O3S/c26-21-9-6-20(25(29)16-21)17-27-22-12-14-24(15-13-22)32(30,31)28-23-10-7-19(8-11-23)18-4-2-1-3-5-18/h1-16H,17H2,(H3-,27,28,29,30,31). The normalized spacial score (nSPS) is 12.7. The van der Waals surface area contributed by atoms with Gasteiger partial charge in [0.2, 0.25) is 0 Å². The molecule has 0 aliphatic rings. The van der Waals surface area contributed by atoms with Gasteiger partial charge in [0.05, 0.1) is 5.69 Å². The molecular formula is C25H21ClN2O3S. The summed E-state index contributed by atoms with van der Waals surface area (Å²) in [7, 11) is -3.72. The molecule has 0 saturated heterocycles. The van der Waals surface area contributed by atoms with Crippen molar-refractivity contribution < 1.29 is 13.9 Å². The fraction of sp³-hybridized carbons (Fsp3) is 0.0400. The fourth-order valence-corrected chi connectivity index (χ4v) is 4.44. The second kappa shape index (κ2) is 9.44. The number of hydrogen-bond acceptors (Lipinski definition) is 4. The molecule has 0 fully saturated rings. The van der Waals surface area contributed by atoms with Crippen molar-refractivity contribution >= 4 is 33.4 Å². The number of phenolic OH excluding ortho intramolecular Hbond substituents is 1. The second-order valence-corrected chi connectivity index (χ2v) is 9.32.